The standard InChI is InChI=1S/C11H14N4S/c1-4-16-7-8-5-9(6-14-10(1)8)15-11-12-2-3-13-11/h5-6H,1-4,7H2,(H2,12,13,15). The minimum absolute atomic E-state index is 0.858. The number of thioether (sulfide) groups is 1. The van der Waals surface area contributed by atoms with Gasteiger partial charge in [0.25, 0.3) is 0 Å². The smallest absolute Gasteiger partial charge is 0.195 e. The van der Waals surface area contributed by atoms with Gasteiger partial charge in [-0.2, -0.15) is 11.8 Å². The van der Waals surface area contributed by atoms with Crippen LogP contribution in [0, 0.1) is 0 Å². The Kier molecular flexibility index (Phi) is 2.70. The van der Waals surface area contributed by atoms with Gasteiger partial charge in [-0.05, 0) is 23.8 Å². The lowest BCUT2D eigenvalue weighted by atomic mass is 10.1. The van der Waals surface area contributed by atoms with Crippen molar-refractivity contribution in [3.63, 3.8) is 0 Å². The average Bonchev–Trinajstić information content (AvgIpc) is 2.82. The summed E-state index contributed by atoms with van der Waals surface area (Å²) in [6.07, 6.45) is 3.00. The van der Waals surface area contributed by atoms with E-state index in [9.17, 15) is 0 Å². The fourth-order valence-electron chi connectivity index (χ4n) is 1.93. The van der Waals surface area contributed by atoms with Crippen LogP contribution >= 0.6 is 11.8 Å². The molecular weight excluding hydrogens is 220 g/mol. The van der Waals surface area contributed by atoms with Gasteiger partial charge in [0.2, 0.25) is 0 Å². The Labute approximate surface area is 98.9 Å². The van der Waals surface area contributed by atoms with Crippen LogP contribution in [0.5, 0.6) is 0 Å². The van der Waals surface area contributed by atoms with E-state index in [4.69, 9.17) is 0 Å². The first kappa shape index (κ1) is 9.96. The van der Waals surface area contributed by atoms with E-state index < -0.39 is 0 Å². The second kappa shape index (κ2) is 4.33. The summed E-state index contributed by atoms with van der Waals surface area (Å²) in [5.74, 6) is 3.14. The van der Waals surface area contributed by atoms with Crippen LogP contribution in [-0.4, -0.2) is 29.8 Å². The summed E-state index contributed by atoms with van der Waals surface area (Å²) in [7, 11) is 0. The molecule has 1 aromatic heterocycles. The van der Waals surface area contributed by atoms with Crippen LogP contribution in [0.4, 0.5) is 5.69 Å². The number of nitrogens with one attached hydrogen (secondary N) is 2. The molecule has 2 N–H and O–H groups in total. The minimum Gasteiger partial charge on any atom is -0.354 e. The van der Waals surface area contributed by atoms with E-state index in [1.165, 1.54) is 17.0 Å². The van der Waals surface area contributed by atoms with Gasteiger partial charge in [0.1, 0.15) is 0 Å². The van der Waals surface area contributed by atoms with Crippen molar-refractivity contribution >= 4 is 23.4 Å². The van der Waals surface area contributed by atoms with Gasteiger partial charge in [-0.25, -0.2) is 0 Å². The summed E-state index contributed by atoms with van der Waals surface area (Å²) < 4.78 is 0. The molecule has 2 aliphatic rings. The highest BCUT2D eigenvalue weighted by Gasteiger charge is 2.12. The number of hydrogen-bond donors (Lipinski definition) is 2. The molecule has 0 unspecified atom stereocenters. The van der Waals surface area contributed by atoms with E-state index in [1.54, 1.807) is 0 Å². The molecule has 0 saturated carbocycles. The summed E-state index contributed by atoms with van der Waals surface area (Å²) >= 11 is 1.98. The minimum atomic E-state index is 0.858. The van der Waals surface area contributed by atoms with E-state index in [2.05, 4.69) is 26.7 Å². The fourth-order valence-corrected chi connectivity index (χ4v) is 2.88. The highest BCUT2D eigenvalue weighted by Crippen LogP contribution is 2.25. The SMILES string of the molecule is c1nc2c(cc1NC1=NCCN1)CSCC2. The Morgan fingerprint density at radius 2 is 2.44 bits per heavy atom. The molecule has 2 aliphatic heterocycles. The lowest BCUT2D eigenvalue weighted by Gasteiger charge is -2.15. The zero-order chi connectivity index (χ0) is 10.8. The lowest BCUT2D eigenvalue weighted by Crippen LogP contribution is -2.26. The van der Waals surface area contributed by atoms with Gasteiger partial charge in [0.15, 0.2) is 5.96 Å². The Hall–Kier alpha value is -1.23. The Morgan fingerprint density at radius 3 is 3.31 bits per heavy atom. The zero-order valence-corrected chi connectivity index (χ0v) is 9.81. The molecule has 0 radical (unpaired) electrons. The third kappa shape index (κ3) is 2.00. The first-order valence-corrected chi connectivity index (χ1v) is 6.68. The molecule has 0 saturated heterocycles. The second-order valence-corrected chi connectivity index (χ2v) is 5.02. The maximum Gasteiger partial charge on any atom is 0.195 e. The van der Waals surface area contributed by atoms with Gasteiger partial charge in [-0.15, -0.1) is 0 Å². The number of guanidine groups is 1. The topological polar surface area (TPSA) is 49.3 Å². The first-order valence-electron chi connectivity index (χ1n) is 5.53. The fraction of sp³-hybridized carbons (Fsp3) is 0.455. The lowest BCUT2D eigenvalue weighted by molar-refractivity contribution is 0.958. The normalized spacial score (nSPS) is 18.6. The number of fused-ring (bicyclic) bond motifs is 1. The first-order chi connectivity index (χ1) is 7.92. The number of rotatable bonds is 1. The van der Waals surface area contributed by atoms with E-state index in [0.29, 0.717) is 0 Å². The largest absolute Gasteiger partial charge is 0.354 e. The summed E-state index contributed by atoms with van der Waals surface area (Å²) in [4.78, 5) is 8.81. The number of hydrogen-bond acceptors (Lipinski definition) is 5. The van der Waals surface area contributed by atoms with Crippen LogP contribution < -0.4 is 10.6 Å². The number of aromatic nitrogens is 1. The average molecular weight is 234 g/mol. The van der Waals surface area contributed by atoms with Gasteiger partial charge < -0.3 is 10.6 Å². The third-order valence-corrected chi connectivity index (χ3v) is 3.75. The molecule has 4 nitrogen and oxygen atoms in total. The molecule has 0 aliphatic carbocycles. The van der Waals surface area contributed by atoms with Gasteiger partial charge >= 0.3 is 0 Å². The van der Waals surface area contributed by atoms with Crippen molar-refractivity contribution in [3.8, 4) is 0 Å². The van der Waals surface area contributed by atoms with Crippen LogP contribution in [0.25, 0.3) is 0 Å². The number of aliphatic imine (C=N–C) groups is 1. The van der Waals surface area contributed by atoms with Gasteiger partial charge in [-0.1, -0.05) is 0 Å². The molecule has 3 rings (SSSR count). The van der Waals surface area contributed by atoms with Crippen LogP contribution in [0.15, 0.2) is 17.3 Å². The summed E-state index contributed by atoms with van der Waals surface area (Å²) in [5.41, 5.74) is 3.65. The summed E-state index contributed by atoms with van der Waals surface area (Å²) in [5, 5.41) is 6.45. The predicted octanol–water partition coefficient (Wildman–Crippen LogP) is 1.24. The van der Waals surface area contributed by atoms with Crippen LogP contribution in [-0.2, 0) is 12.2 Å². The molecule has 1 aromatic rings. The number of aryl methyl sites for hydroxylation is 1. The quantitative estimate of drug-likeness (QED) is 0.767. The Bertz CT molecular complexity index is 430. The molecule has 84 valence electrons. The summed E-state index contributed by atoms with van der Waals surface area (Å²) in [6, 6.07) is 2.19. The monoisotopic (exact) mass is 234 g/mol. The number of anilines is 1. The Morgan fingerprint density at radius 1 is 1.44 bits per heavy atom. The molecule has 0 aromatic carbocycles. The van der Waals surface area contributed by atoms with Crippen molar-refractivity contribution < 1.29 is 0 Å². The van der Waals surface area contributed by atoms with E-state index in [-0.39, 0.29) is 0 Å². The van der Waals surface area contributed by atoms with Crippen LogP contribution in [0.3, 0.4) is 0 Å². The molecule has 0 bridgehead atoms. The summed E-state index contributed by atoms with van der Waals surface area (Å²) in [6.45, 7) is 1.78. The van der Waals surface area contributed by atoms with Crippen LogP contribution in [0.1, 0.15) is 11.3 Å². The van der Waals surface area contributed by atoms with E-state index in [0.717, 1.165) is 36.9 Å². The third-order valence-electron chi connectivity index (χ3n) is 2.74. The highest BCUT2D eigenvalue weighted by atomic mass is 32.2. The molecule has 16 heavy (non-hydrogen) atoms. The van der Waals surface area contributed by atoms with Crippen molar-refractivity contribution in [2.45, 2.75) is 12.2 Å². The highest BCUT2D eigenvalue weighted by molar-refractivity contribution is 7.98. The molecular formula is C11H14N4S. The molecule has 5 heteroatoms. The maximum atomic E-state index is 4.50. The predicted molar refractivity (Wildman–Crippen MR) is 68.0 cm³/mol. The zero-order valence-electron chi connectivity index (χ0n) is 8.99. The molecule has 0 spiro atoms. The van der Waals surface area contributed by atoms with Crippen molar-refractivity contribution in [2.24, 2.45) is 4.99 Å². The van der Waals surface area contributed by atoms with E-state index in [1.807, 2.05) is 18.0 Å². The van der Waals surface area contributed by atoms with Gasteiger partial charge in [-0.3, -0.25) is 9.98 Å². The van der Waals surface area contributed by atoms with Gasteiger partial charge in [0, 0.05) is 18.0 Å². The molecule has 0 atom stereocenters. The second-order valence-electron chi connectivity index (χ2n) is 3.91. The van der Waals surface area contributed by atoms with Gasteiger partial charge in [0.05, 0.1) is 18.4 Å². The maximum absolute atomic E-state index is 4.50. The number of nitrogens with zero attached hydrogens (tertiary/aromatic N) is 2. The number of pyridine rings is 1. The molecule has 3 heterocycles. The molecule has 0 fully saturated rings. The van der Waals surface area contributed by atoms with Crippen molar-refractivity contribution in [1.29, 1.82) is 0 Å². The van der Waals surface area contributed by atoms with Crippen LogP contribution in [0.2, 0.25) is 0 Å². The molecule has 0 amide bonds. The van der Waals surface area contributed by atoms with Crippen molar-refractivity contribution in [1.82, 2.24) is 10.3 Å². The van der Waals surface area contributed by atoms with E-state index >= 15 is 0 Å². The van der Waals surface area contributed by atoms with Crippen molar-refractivity contribution in [3.05, 3.63) is 23.5 Å². The van der Waals surface area contributed by atoms with Crippen molar-refractivity contribution in [2.75, 3.05) is 24.2 Å². The Balaban J connectivity index is 1.80.